The van der Waals surface area contributed by atoms with Gasteiger partial charge < -0.3 is 0 Å². The summed E-state index contributed by atoms with van der Waals surface area (Å²) in [5.74, 6) is -0.729. The number of pyridine rings is 1. The molecular weight excluding hydrogens is 205 g/mol. The van der Waals surface area contributed by atoms with Gasteiger partial charge in [0.25, 0.3) is 0 Å². The SMILES string of the molecule is O=S(=O)(F)Cc1cc(Cl)ccn1. The van der Waals surface area contributed by atoms with Gasteiger partial charge in [0.1, 0.15) is 5.75 Å². The van der Waals surface area contributed by atoms with Crippen molar-refractivity contribution in [3.8, 4) is 0 Å². The zero-order valence-electron chi connectivity index (χ0n) is 5.87. The van der Waals surface area contributed by atoms with Gasteiger partial charge in [0, 0.05) is 11.2 Å². The Kier molecular flexibility index (Phi) is 2.64. The van der Waals surface area contributed by atoms with E-state index in [1.807, 2.05) is 0 Å². The van der Waals surface area contributed by atoms with E-state index in [0.29, 0.717) is 5.02 Å². The van der Waals surface area contributed by atoms with Crippen molar-refractivity contribution in [2.75, 3.05) is 0 Å². The molecule has 0 fully saturated rings. The maximum atomic E-state index is 12.1. The number of rotatable bonds is 2. The second-order valence-corrected chi connectivity index (χ2v) is 3.95. The van der Waals surface area contributed by atoms with Crippen LogP contribution in [0.2, 0.25) is 5.02 Å². The maximum absolute atomic E-state index is 12.1. The van der Waals surface area contributed by atoms with Crippen molar-refractivity contribution >= 4 is 21.8 Å². The first-order chi connectivity index (χ1) is 5.47. The van der Waals surface area contributed by atoms with Crippen LogP contribution < -0.4 is 0 Å². The van der Waals surface area contributed by atoms with Crippen LogP contribution in [0.1, 0.15) is 5.69 Å². The predicted octanol–water partition coefficient (Wildman–Crippen LogP) is 1.53. The molecule has 6 heteroatoms. The third kappa shape index (κ3) is 3.15. The van der Waals surface area contributed by atoms with E-state index in [-0.39, 0.29) is 5.69 Å². The minimum Gasteiger partial charge on any atom is -0.260 e. The fourth-order valence-corrected chi connectivity index (χ4v) is 1.40. The molecule has 0 atom stereocenters. The molecule has 0 N–H and O–H groups in total. The predicted molar refractivity (Wildman–Crippen MR) is 43.0 cm³/mol. The monoisotopic (exact) mass is 209 g/mol. The quantitative estimate of drug-likeness (QED) is 0.694. The molecule has 1 heterocycles. The molecule has 1 aromatic heterocycles. The first-order valence-electron chi connectivity index (χ1n) is 3.00. The molecule has 0 bridgehead atoms. The van der Waals surface area contributed by atoms with E-state index in [0.717, 1.165) is 0 Å². The summed E-state index contributed by atoms with van der Waals surface area (Å²) in [6, 6.07) is 2.79. The third-order valence-corrected chi connectivity index (χ3v) is 1.97. The molecule has 0 aliphatic heterocycles. The standard InChI is InChI=1S/C6H5ClFNO2S/c7-5-1-2-9-6(3-5)4-12(8,10)11/h1-3H,4H2. The summed E-state index contributed by atoms with van der Waals surface area (Å²) in [6.07, 6.45) is 1.32. The summed E-state index contributed by atoms with van der Waals surface area (Å²) < 4.78 is 32.4. The summed E-state index contributed by atoms with van der Waals surface area (Å²) in [4.78, 5) is 3.62. The fourth-order valence-electron chi connectivity index (χ4n) is 0.704. The van der Waals surface area contributed by atoms with E-state index in [1.54, 1.807) is 0 Å². The molecule has 66 valence electrons. The highest BCUT2D eigenvalue weighted by molar-refractivity contribution is 7.85. The normalized spacial score (nSPS) is 11.5. The Labute approximate surface area is 74.4 Å². The van der Waals surface area contributed by atoms with Crippen molar-refractivity contribution < 1.29 is 12.3 Å². The third-order valence-electron chi connectivity index (χ3n) is 1.10. The molecule has 12 heavy (non-hydrogen) atoms. The molecule has 0 spiro atoms. The molecule has 1 rings (SSSR count). The van der Waals surface area contributed by atoms with Gasteiger partial charge in [0.15, 0.2) is 0 Å². The van der Waals surface area contributed by atoms with Crippen molar-refractivity contribution in [3.63, 3.8) is 0 Å². The molecule has 0 radical (unpaired) electrons. The highest BCUT2D eigenvalue weighted by Gasteiger charge is 2.09. The number of hydrogen-bond donors (Lipinski definition) is 0. The van der Waals surface area contributed by atoms with Crippen molar-refractivity contribution in [1.82, 2.24) is 4.98 Å². The second kappa shape index (κ2) is 3.37. The molecule has 0 aliphatic rings. The molecule has 0 aliphatic carbocycles. The second-order valence-electron chi connectivity index (χ2n) is 2.15. The van der Waals surface area contributed by atoms with Gasteiger partial charge in [-0.2, -0.15) is 8.42 Å². The van der Waals surface area contributed by atoms with E-state index in [2.05, 4.69) is 4.98 Å². The minimum atomic E-state index is -4.52. The highest BCUT2D eigenvalue weighted by Crippen LogP contribution is 2.10. The van der Waals surface area contributed by atoms with Gasteiger partial charge in [-0.05, 0) is 12.1 Å². The lowest BCUT2D eigenvalue weighted by Gasteiger charge is -1.95. The van der Waals surface area contributed by atoms with Crippen molar-refractivity contribution in [3.05, 3.63) is 29.0 Å². The lowest BCUT2D eigenvalue weighted by atomic mass is 10.4. The van der Waals surface area contributed by atoms with Crippen molar-refractivity contribution in [2.24, 2.45) is 0 Å². The van der Waals surface area contributed by atoms with E-state index in [4.69, 9.17) is 11.6 Å². The van der Waals surface area contributed by atoms with Gasteiger partial charge in [-0.3, -0.25) is 4.98 Å². The van der Waals surface area contributed by atoms with Crippen molar-refractivity contribution in [1.29, 1.82) is 0 Å². The van der Waals surface area contributed by atoms with Crippen LogP contribution in [0.4, 0.5) is 3.89 Å². The van der Waals surface area contributed by atoms with Crippen LogP contribution in [-0.4, -0.2) is 13.4 Å². The van der Waals surface area contributed by atoms with Crippen LogP contribution in [0.3, 0.4) is 0 Å². The summed E-state index contributed by atoms with van der Waals surface area (Å²) >= 11 is 5.52. The molecular formula is C6H5ClFNO2S. The highest BCUT2D eigenvalue weighted by atomic mass is 35.5. The average molecular weight is 210 g/mol. The lowest BCUT2D eigenvalue weighted by Crippen LogP contribution is -1.98. The summed E-state index contributed by atoms with van der Waals surface area (Å²) in [6.45, 7) is 0. The summed E-state index contributed by atoms with van der Waals surface area (Å²) in [7, 11) is -4.52. The smallest absolute Gasteiger partial charge is 0.260 e. The lowest BCUT2D eigenvalue weighted by molar-refractivity contribution is 0.550. The summed E-state index contributed by atoms with van der Waals surface area (Å²) in [5, 5.41) is 0.337. The Morgan fingerprint density at radius 1 is 1.58 bits per heavy atom. The van der Waals surface area contributed by atoms with Crippen LogP contribution >= 0.6 is 11.6 Å². The van der Waals surface area contributed by atoms with Gasteiger partial charge in [0.05, 0.1) is 5.69 Å². The molecule has 0 saturated heterocycles. The van der Waals surface area contributed by atoms with Crippen LogP contribution in [-0.2, 0) is 16.0 Å². The van der Waals surface area contributed by atoms with Gasteiger partial charge in [0.2, 0.25) is 0 Å². The molecule has 0 aromatic carbocycles. The van der Waals surface area contributed by atoms with E-state index in [1.165, 1.54) is 18.3 Å². The van der Waals surface area contributed by atoms with Gasteiger partial charge >= 0.3 is 10.2 Å². The molecule has 0 amide bonds. The first-order valence-corrected chi connectivity index (χ1v) is 4.93. The fraction of sp³-hybridized carbons (Fsp3) is 0.167. The summed E-state index contributed by atoms with van der Waals surface area (Å²) in [5.41, 5.74) is 0.102. The van der Waals surface area contributed by atoms with Crippen LogP contribution in [0.25, 0.3) is 0 Å². The molecule has 0 saturated carbocycles. The average Bonchev–Trinajstić information content (AvgIpc) is 1.82. The van der Waals surface area contributed by atoms with Crippen LogP contribution in [0.5, 0.6) is 0 Å². The Bertz CT molecular complexity index is 379. The Hall–Kier alpha value is -0.680. The number of nitrogens with zero attached hydrogens (tertiary/aromatic N) is 1. The largest absolute Gasteiger partial charge is 0.308 e. The van der Waals surface area contributed by atoms with Gasteiger partial charge in [-0.25, -0.2) is 0 Å². The molecule has 1 aromatic rings. The maximum Gasteiger partial charge on any atom is 0.308 e. The van der Waals surface area contributed by atoms with Crippen molar-refractivity contribution in [2.45, 2.75) is 5.75 Å². The zero-order valence-corrected chi connectivity index (χ0v) is 7.44. The van der Waals surface area contributed by atoms with E-state index < -0.39 is 16.0 Å². The molecule has 3 nitrogen and oxygen atoms in total. The topological polar surface area (TPSA) is 47.0 Å². The van der Waals surface area contributed by atoms with Gasteiger partial charge in [-0.15, -0.1) is 3.89 Å². The number of hydrogen-bond acceptors (Lipinski definition) is 3. The Morgan fingerprint density at radius 2 is 2.25 bits per heavy atom. The number of halogens is 2. The molecule has 0 unspecified atom stereocenters. The number of aromatic nitrogens is 1. The zero-order chi connectivity index (χ0) is 9.19. The Morgan fingerprint density at radius 3 is 2.75 bits per heavy atom. The van der Waals surface area contributed by atoms with Crippen LogP contribution in [0, 0.1) is 0 Å². The van der Waals surface area contributed by atoms with Crippen LogP contribution in [0.15, 0.2) is 18.3 Å². The minimum absolute atomic E-state index is 0.102. The van der Waals surface area contributed by atoms with Gasteiger partial charge in [-0.1, -0.05) is 11.6 Å². The Balaban J connectivity index is 2.91. The van der Waals surface area contributed by atoms with E-state index >= 15 is 0 Å². The first kappa shape index (κ1) is 9.41. The van der Waals surface area contributed by atoms with E-state index in [9.17, 15) is 12.3 Å².